The van der Waals surface area contributed by atoms with E-state index in [2.05, 4.69) is 113 Å². The molecule has 0 saturated carbocycles. The molecule has 0 N–H and O–H groups in total. The van der Waals surface area contributed by atoms with Gasteiger partial charge in [-0.1, -0.05) is 60.7 Å². The van der Waals surface area contributed by atoms with Gasteiger partial charge < -0.3 is 0 Å². The number of nitrogens with zero attached hydrogens (tertiary/aromatic N) is 3. The van der Waals surface area contributed by atoms with Crippen molar-refractivity contribution >= 4 is 22.6 Å². The first-order valence-corrected chi connectivity index (χ1v) is 10.2. The van der Waals surface area contributed by atoms with Gasteiger partial charge in [0.2, 0.25) is 11.2 Å². The highest BCUT2D eigenvalue weighted by Crippen LogP contribution is 2.37. The fourth-order valence-corrected chi connectivity index (χ4v) is 4.42. The summed E-state index contributed by atoms with van der Waals surface area (Å²) in [4.78, 5) is 0. The summed E-state index contributed by atoms with van der Waals surface area (Å²) in [5, 5.41) is 6.18. The van der Waals surface area contributed by atoms with Crippen LogP contribution >= 0.6 is 0 Å². The van der Waals surface area contributed by atoms with Crippen LogP contribution in [0.25, 0.3) is 33.9 Å². The lowest BCUT2D eigenvalue weighted by atomic mass is 10.1. The summed E-state index contributed by atoms with van der Waals surface area (Å²) < 4.78 is 4.45. The van der Waals surface area contributed by atoms with E-state index in [0.29, 0.717) is 0 Å². The summed E-state index contributed by atoms with van der Waals surface area (Å²) in [5.41, 5.74) is 9.14. The SMILES string of the molecule is Cc1nn(-c2ccccc2)c2c1-[n+]1c(ccc3ccccc31)/C2=C/c1ccccc1. The van der Waals surface area contributed by atoms with E-state index in [9.17, 15) is 0 Å². The molecule has 0 aliphatic carbocycles. The van der Waals surface area contributed by atoms with E-state index in [1.165, 1.54) is 27.7 Å². The molecule has 0 radical (unpaired) electrons. The molecule has 2 aromatic heterocycles. The molecule has 3 heterocycles. The van der Waals surface area contributed by atoms with Crippen molar-refractivity contribution in [2.24, 2.45) is 0 Å². The van der Waals surface area contributed by atoms with Crippen LogP contribution in [0.3, 0.4) is 0 Å². The minimum Gasteiger partial charge on any atom is -0.226 e. The van der Waals surface area contributed by atoms with Crippen molar-refractivity contribution in [3.63, 3.8) is 0 Å². The zero-order valence-electron chi connectivity index (χ0n) is 16.7. The Morgan fingerprint density at radius 3 is 2.27 bits per heavy atom. The summed E-state index contributed by atoms with van der Waals surface area (Å²) in [5.74, 6) is 0. The lowest BCUT2D eigenvalue weighted by molar-refractivity contribution is -0.566. The Hall–Kier alpha value is -3.98. The normalized spacial score (nSPS) is 13.6. The monoisotopic (exact) mass is 386 g/mol. The Morgan fingerprint density at radius 1 is 0.767 bits per heavy atom. The highest BCUT2D eigenvalue weighted by molar-refractivity contribution is 5.95. The van der Waals surface area contributed by atoms with E-state index in [0.717, 1.165) is 22.8 Å². The average molecular weight is 386 g/mol. The van der Waals surface area contributed by atoms with E-state index < -0.39 is 0 Å². The summed E-state index contributed by atoms with van der Waals surface area (Å²) in [6.07, 6.45) is 2.27. The topological polar surface area (TPSA) is 21.7 Å². The molecule has 0 saturated heterocycles. The van der Waals surface area contributed by atoms with Gasteiger partial charge in [-0.05, 0) is 42.8 Å². The van der Waals surface area contributed by atoms with Crippen molar-refractivity contribution < 1.29 is 4.57 Å². The lowest BCUT2D eigenvalue weighted by Gasteiger charge is -2.06. The van der Waals surface area contributed by atoms with Crippen LogP contribution in [-0.2, 0) is 0 Å². The second kappa shape index (κ2) is 6.53. The van der Waals surface area contributed by atoms with Crippen molar-refractivity contribution in [2.75, 3.05) is 0 Å². The molecular formula is C27H20N3+. The number of benzene rings is 3. The van der Waals surface area contributed by atoms with Gasteiger partial charge in [0.1, 0.15) is 5.69 Å². The van der Waals surface area contributed by atoms with Crippen molar-refractivity contribution in [3.05, 3.63) is 120 Å². The van der Waals surface area contributed by atoms with Crippen LogP contribution in [0.15, 0.2) is 97.1 Å². The molecule has 5 aromatic rings. The summed E-state index contributed by atoms with van der Waals surface area (Å²) >= 11 is 0. The molecule has 1 aliphatic rings. The van der Waals surface area contributed by atoms with Gasteiger partial charge in [0.25, 0.3) is 5.69 Å². The Bertz CT molecular complexity index is 1430. The zero-order chi connectivity index (χ0) is 20.1. The maximum absolute atomic E-state index is 4.96. The molecule has 142 valence electrons. The van der Waals surface area contributed by atoms with Crippen LogP contribution in [0.2, 0.25) is 0 Å². The van der Waals surface area contributed by atoms with E-state index in [1.54, 1.807) is 0 Å². The van der Waals surface area contributed by atoms with Crippen molar-refractivity contribution in [2.45, 2.75) is 6.92 Å². The molecule has 0 fully saturated rings. The Labute approximate surface area is 175 Å². The molecule has 0 bridgehead atoms. The second-order valence-electron chi connectivity index (χ2n) is 7.61. The van der Waals surface area contributed by atoms with Crippen LogP contribution in [0, 0.1) is 6.92 Å². The van der Waals surface area contributed by atoms with E-state index in [-0.39, 0.29) is 0 Å². The lowest BCUT2D eigenvalue weighted by Crippen LogP contribution is -2.33. The third kappa shape index (κ3) is 2.45. The predicted molar refractivity (Wildman–Crippen MR) is 121 cm³/mol. The van der Waals surface area contributed by atoms with Gasteiger partial charge in [-0.15, -0.1) is 4.57 Å². The largest absolute Gasteiger partial charge is 0.261 e. The molecule has 6 rings (SSSR count). The first kappa shape index (κ1) is 16.9. The first-order valence-electron chi connectivity index (χ1n) is 10.2. The summed E-state index contributed by atoms with van der Waals surface area (Å²) in [6.45, 7) is 2.10. The number of para-hydroxylation sites is 2. The maximum atomic E-state index is 4.96. The Morgan fingerprint density at radius 2 is 1.47 bits per heavy atom. The van der Waals surface area contributed by atoms with Gasteiger partial charge in [0, 0.05) is 17.5 Å². The standard InChI is InChI=1S/C27H20N3/c1-19-26-27(30(28-19)22-13-6-3-7-14-22)23(18-20-10-4-2-5-11-20)25-17-16-21-12-8-9-15-24(21)29(25)26/h2-18H,1H3/q+1/b23-18-. The second-order valence-corrected chi connectivity index (χ2v) is 7.61. The van der Waals surface area contributed by atoms with Gasteiger partial charge in [0.05, 0.1) is 11.3 Å². The van der Waals surface area contributed by atoms with Crippen LogP contribution in [-0.4, -0.2) is 9.78 Å². The van der Waals surface area contributed by atoms with Crippen molar-refractivity contribution in [1.82, 2.24) is 9.78 Å². The summed E-state index contributed by atoms with van der Waals surface area (Å²) in [6, 6.07) is 33.9. The number of pyridine rings is 1. The molecule has 30 heavy (non-hydrogen) atoms. The Balaban J connectivity index is 1.73. The average Bonchev–Trinajstić information content (AvgIpc) is 3.31. The van der Waals surface area contributed by atoms with Crippen molar-refractivity contribution in [1.29, 1.82) is 0 Å². The molecule has 3 heteroatoms. The van der Waals surface area contributed by atoms with Gasteiger partial charge in [-0.2, -0.15) is 5.10 Å². The third-order valence-electron chi connectivity index (χ3n) is 5.73. The fraction of sp³-hybridized carbons (Fsp3) is 0.0370. The number of hydrogen-bond acceptors (Lipinski definition) is 1. The van der Waals surface area contributed by atoms with Gasteiger partial charge in [-0.25, -0.2) is 4.68 Å². The van der Waals surface area contributed by atoms with E-state index in [4.69, 9.17) is 5.10 Å². The molecule has 0 unspecified atom stereocenters. The quantitative estimate of drug-likeness (QED) is 0.360. The smallest absolute Gasteiger partial charge is 0.226 e. The van der Waals surface area contributed by atoms with E-state index >= 15 is 0 Å². The minimum atomic E-state index is 1.02. The predicted octanol–water partition coefficient (Wildman–Crippen LogP) is 5.51. The van der Waals surface area contributed by atoms with Gasteiger partial charge in [-0.3, -0.25) is 0 Å². The highest BCUT2D eigenvalue weighted by atomic mass is 15.3. The number of rotatable bonds is 2. The van der Waals surface area contributed by atoms with E-state index in [1.807, 2.05) is 6.07 Å². The van der Waals surface area contributed by atoms with Crippen LogP contribution in [0.5, 0.6) is 0 Å². The number of aryl methyl sites for hydroxylation is 1. The molecule has 3 aromatic carbocycles. The third-order valence-corrected chi connectivity index (χ3v) is 5.73. The molecule has 1 aliphatic heterocycles. The molecule has 0 atom stereocenters. The molecule has 0 amide bonds. The zero-order valence-corrected chi connectivity index (χ0v) is 16.7. The van der Waals surface area contributed by atoms with Crippen LogP contribution < -0.4 is 4.57 Å². The Kier molecular flexibility index (Phi) is 3.68. The number of aromatic nitrogens is 3. The molecular weight excluding hydrogens is 366 g/mol. The summed E-state index contributed by atoms with van der Waals surface area (Å²) in [7, 11) is 0. The van der Waals surface area contributed by atoms with Crippen LogP contribution in [0.1, 0.15) is 22.6 Å². The highest BCUT2D eigenvalue weighted by Gasteiger charge is 2.40. The number of fused-ring (bicyclic) bond motifs is 5. The van der Waals surface area contributed by atoms with Gasteiger partial charge >= 0.3 is 0 Å². The minimum absolute atomic E-state index is 1.02. The fourth-order valence-electron chi connectivity index (χ4n) is 4.42. The van der Waals surface area contributed by atoms with Gasteiger partial charge in [0.15, 0.2) is 5.69 Å². The first-order chi connectivity index (χ1) is 14.8. The maximum Gasteiger partial charge on any atom is 0.261 e. The number of hydrogen-bond donors (Lipinski definition) is 0. The molecule has 3 nitrogen and oxygen atoms in total. The van der Waals surface area contributed by atoms with Crippen LogP contribution in [0.4, 0.5) is 0 Å². The molecule has 0 spiro atoms. The van der Waals surface area contributed by atoms with Crippen molar-refractivity contribution in [3.8, 4) is 11.4 Å².